The van der Waals surface area contributed by atoms with Crippen LogP contribution in [0.1, 0.15) is 30.5 Å². The van der Waals surface area contributed by atoms with Crippen molar-refractivity contribution in [1.82, 2.24) is 5.32 Å². The molecule has 2 rings (SSSR count). The Morgan fingerprint density at radius 3 is 2.36 bits per heavy atom. The highest BCUT2D eigenvalue weighted by molar-refractivity contribution is 5.87. The van der Waals surface area contributed by atoms with Crippen molar-refractivity contribution < 1.29 is 4.79 Å². The predicted molar refractivity (Wildman–Crippen MR) is 91.8 cm³/mol. The Bertz CT molecular complexity index is 645. The number of carbonyl (C=O) groups excluding carboxylic acids is 1. The first kappa shape index (κ1) is 16.1. The van der Waals surface area contributed by atoms with Gasteiger partial charge >= 0.3 is 0 Å². The topological polar surface area (TPSA) is 55.1 Å². The molecule has 0 heterocycles. The Hall–Kier alpha value is -2.29. The van der Waals surface area contributed by atoms with Crippen LogP contribution in [0, 0.1) is 6.92 Å². The summed E-state index contributed by atoms with van der Waals surface area (Å²) in [5, 5.41) is 3.04. The van der Waals surface area contributed by atoms with Crippen molar-refractivity contribution in [2.45, 2.75) is 32.6 Å². The van der Waals surface area contributed by atoms with Gasteiger partial charge in [0, 0.05) is 12.2 Å². The second kappa shape index (κ2) is 6.65. The van der Waals surface area contributed by atoms with Crippen LogP contribution in [0.5, 0.6) is 0 Å². The standard InChI is InChI=1S/C19H24N2O/c1-14-6-4-5-7-17(14)19(2,3)18(22)21-13-12-15-8-10-16(20)11-9-15/h4-11H,12-13,20H2,1-3H3,(H,21,22). The average molecular weight is 296 g/mol. The first-order valence-electron chi connectivity index (χ1n) is 7.60. The van der Waals surface area contributed by atoms with Crippen LogP contribution in [0.4, 0.5) is 5.69 Å². The first-order chi connectivity index (χ1) is 10.4. The third kappa shape index (κ3) is 3.67. The van der Waals surface area contributed by atoms with Gasteiger partial charge in [0.2, 0.25) is 5.91 Å². The number of carbonyl (C=O) groups is 1. The third-order valence-corrected chi connectivity index (χ3v) is 4.07. The molecule has 0 aliphatic carbocycles. The zero-order chi connectivity index (χ0) is 16.2. The fraction of sp³-hybridized carbons (Fsp3) is 0.316. The molecule has 0 aliphatic rings. The Labute approximate surface area is 132 Å². The maximum absolute atomic E-state index is 12.5. The van der Waals surface area contributed by atoms with Crippen molar-refractivity contribution in [3.63, 3.8) is 0 Å². The van der Waals surface area contributed by atoms with Crippen LogP contribution in [0.25, 0.3) is 0 Å². The number of hydrogen-bond donors (Lipinski definition) is 2. The molecule has 0 aliphatic heterocycles. The molecule has 0 fully saturated rings. The smallest absolute Gasteiger partial charge is 0.230 e. The molecule has 22 heavy (non-hydrogen) atoms. The Morgan fingerprint density at radius 1 is 1.09 bits per heavy atom. The molecule has 1 amide bonds. The molecular formula is C19H24N2O. The van der Waals surface area contributed by atoms with E-state index >= 15 is 0 Å². The number of anilines is 1. The molecule has 0 atom stereocenters. The Balaban J connectivity index is 1.96. The van der Waals surface area contributed by atoms with Gasteiger partial charge in [0.1, 0.15) is 0 Å². The van der Waals surface area contributed by atoms with Crippen LogP contribution in [0.15, 0.2) is 48.5 Å². The number of nitrogens with two attached hydrogens (primary N) is 1. The first-order valence-corrected chi connectivity index (χ1v) is 7.60. The molecule has 3 N–H and O–H groups in total. The lowest BCUT2D eigenvalue weighted by atomic mass is 9.81. The summed E-state index contributed by atoms with van der Waals surface area (Å²) < 4.78 is 0. The molecule has 0 radical (unpaired) electrons. The second-order valence-corrected chi connectivity index (χ2v) is 6.19. The fourth-order valence-corrected chi connectivity index (χ4v) is 2.62. The van der Waals surface area contributed by atoms with E-state index < -0.39 is 5.41 Å². The van der Waals surface area contributed by atoms with Crippen LogP contribution in [-0.4, -0.2) is 12.5 Å². The van der Waals surface area contributed by atoms with E-state index in [4.69, 9.17) is 5.73 Å². The molecule has 3 heteroatoms. The highest BCUT2D eigenvalue weighted by Crippen LogP contribution is 2.26. The molecule has 116 valence electrons. The van der Waals surface area contributed by atoms with Gasteiger partial charge in [-0.1, -0.05) is 36.4 Å². The molecule has 3 nitrogen and oxygen atoms in total. The number of benzene rings is 2. The summed E-state index contributed by atoms with van der Waals surface area (Å²) in [5.74, 6) is 0.0530. The Kier molecular flexibility index (Phi) is 4.86. The Morgan fingerprint density at radius 2 is 1.73 bits per heavy atom. The molecule has 0 aromatic heterocycles. The van der Waals surface area contributed by atoms with E-state index in [2.05, 4.69) is 5.32 Å². The number of nitrogen functional groups attached to an aromatic ring is 1. The molecule has 0 bridgehead atoms. The number of rotatable bonds is 5. The van der Waals surface area contributed by atoms with Crippen molar-refractivity contribution in [2.24, 2.45) is 0 Å². The van der Waals surface area contributed by atoms with Crippen molar-refractivity contribution in [3.05, 3.63) is 65.2 Å². The average Bonchev–Trinajstić information content (AvgIpc) is 2.49. The highest BCUT2D eigenvalue weighted by Gasteiger charge is 2.30. The van der Waals surface area contributed by atoms with Gasteiger partial charge in [-0.15, -0.1) is 0 Å². The number of nitrogens with one attached hydrogen (secondary N) is 1. The summed E-state index contributed by atoms with van der Waals surface area (Å²) in [6.07, 6.45) is 0.801. The summed E-state index contributed by atoms with van der Waals surface area (Å²) in [6, 6.07) is 15.8. The lowest BCUT2D eigenvalue weighted by Gasteiger charge is -2.26. The van der Waals surface area contributed by atoms with Gasteiger partial charge in [0.25, 0.3) is 0 Å². The minimum Gasteiger partial charge on any atom is -0.399 e. The van der Waals surface area contributed by atoms with Gasteiger partial charge < -0.3 is 11.1 Å². The zero-order valence-electron chi connectivity index (χ0n) is 13.5. The van der Waals surface area contributed by atoms with Gasteiger partial charge in [-0.2, -0.15) is 0 Å². The number of hydrogen-bond acceptors (Lipinski definition) is 2. The van der Waals surface area contributed by atoms with Crippen LogP contribution in [0.2, 0.25) is 0 Å². The number of aryl methyl sites for hydroxylation is 1. The van der Waals surface area contributed by atoms with Crippen LogP contribution >= 0.6 is 0 Å². The fourth-order valence-electron chi connectivity index (χ4n) is 2.62. The third-order valence-electron chi connectivity index (χ3n) is 4.07. The molecule has 0 saturated heterocycles. The molecule has 0 saturated carbocycles. The maximum atomic E-state index is 12.5. The van der Waals surface area contributed by atoms with Gasteiger partial charge in [0.15, 0.2) is 0 Å². The minimum atomic E-state index is -0.535. The van der Waals surface area contributed by atoms with E-state index in [9.17, 15) is 4.79 Å². The quantitative estimate of drug-likeness (QED) is 0.832. The predicted octanol–water partition coefficient (Wildman–Crippen LogP) is 3.21. The van der Waals surface area contributed by atoms with E-state index in [1.807, 2.05) is 69.3 Å². The van der Waals surface area contributed by atoms with E-state index in [1.54, 1.807) is 0 Å². The van der Waals surface area contributed by atoms with E-state index in [1.165, 1.54) is 5.56 Å². The number of amides is 1. The van der Waals surface area contributed by atoms with Crippen molar-refractivity contribution in [3.8, 4) is 0 Å². The largest absolute Gasteiger partial charge is 0.399 e. The molecular weight excluding hydrogens is 272 g/mol. The molecule has 2 aromatic rings. The van der Waals surface area contributed by atoms with Gasteiger partial charge in [-0.25, -0.2) is 0 Å². The molecule has 2 aromatic carbocycles. The minimum absolute atomic E-state index is 0.0530. The van der Waals surface area contributed by atoms with Gasteiger partial charge in [-0.05, 0) is 56.0 Å². The molecule has 0 spiro atoms. The highest BCUT2D eigenvalue weighted by atomic mass is 16.2. The van der Waals surface area contributed by atoms with Gasteiger partial charge in [-0.3, -0.25) is 4.79 Å². The van der Waals surface area contributed by atoms with Crippen molar-refractivity contribution in [2.75, 3.05) is 12.3 Å². The zero-order valence-corrected chi connectivity index (χ0v) is 13.5. The molecule has 0 unspecified atom stereocenters. The van der Waals surface area contributed by atoms with E-state index in [0.29, 0.717) is 6.54 Å². The summed E-state index contributed by atoms with van der Waals surface area (Å²) in [6.45, 7) is 6.60. The second-order valence-electron chi connectivity index (χ2n) is 6.19. The van der Waals surface area contributed by atoms with Crippen LogP contribution in [0.3, 0.4) is 0 Å². The SMILES string of the molecule is Cc1ccccc1C(C)(C)C(=O)NCCc1ccc(N)cc1. The van der Waals surface area contributed by atoms with E-state index in [0.717, 1.165) is 23.2 Å². The summed E-state index contributed by atoms with van der Waals surface area (Å²) in [5.41, 5.74) is 9.27. The summed E-state index contributed by atoms with van der Waals surface area (Å²) in [7, 11) is 0. The van der Waals surface area contributed by atoms with Crippen molar-refractivity contribution in [1.29, 1.82) is 0 Å². The lowest BCUT2D eigenvalue weighted by Crippen LogP contribution is -2.41. The van der Waals surface area contributed by atoms with E-state index in [-0.39, 0.29) is 5.91 Å². The summed E-state index contributed by atoms with van der Waals surface area (Å²) >= 11 is 0. The summed E-state index contributed by atoms with van der Waals surface area (Å²) in [4.78, 5) is 12.5. The van der Waals surface area contributed by atoms with Crippen LogP contribution in [-0.2, 0) is 16.6 Å². The lowest BCUT2D eigenvalue weighted by molar-refractivity contribution is -0.125. The van der Waals surface area contributed by atoms with Crippen LogP contribution < -0.4 is 11.1 Å². The monoisotopic (exact) mass is 296 g/mol. The van der Waals surface area contributed by atoms with Crippen molar-refractivity contribution >= 4 is 11.6 Å². The normalized spacial score (nSPS) is 11.2. The maximum Gasteiger partial charge on any atom is 0.230 e. The van der Waals surface area contributed by atoms with Gasteiger partial charge in [0.05, 0.1) is 5.41 Å².